The molecule has 5 aliphatic heterocycles. The van der Waals surface area contributed by atoms with Crippen molar-refractivity contribution in [3.05, 3.63) is 91.8 Å². The molecule has 7 aliphatic rings. The maximum atomic E-state index is 16.6. The van der Waals surface area contributed by atoms with Gasteiger partial charge in [0.25, 0.3) is 0 Å². The largest absolute Gasteiger partial charge is 0.352 e. The van der Waals surface area contributed by atoms with Crippen molar-refractivity contribution in [2.45, 2.75) is 132 Å². The second-order valence-electron chi connectivity index (χ2n) is 23.2. The number of amides is 4. The van der Waals surface area contributed by atoms with Crippen LogP contribution in [0, 0.1) is 22.6 Å². The number of piperidine rings is 2. The zero-order valence-electron chi connectivity index (χ0n) is 41.3. The summed E-state index contributed by atoms with van der Waals surface area (Å²) in [5.41, 5.74) is 2.29. The number of anilines is 1. The van der Waals surface area contributed by atoms with E-state index < -0.39 is 40.7 Å². The van der Waals surface area contributed by atoms with Gasteiger partial charge >= 0.3 is 5.69 Å². The Morgan fingerprint density at radius 3 is 2.31 bits per heavy atom. The number of likely N-dealkylation sites (N-methyl/N-ethyl adjacent to an activating group) is 1. The first-order valence-electron chi connectivity index (χ1n) is 25.9. The van der Waals surface area contributed by atoms with Crippen LogP contribution in [-0.2, 0) is 38.1 Å². The van der Waals surface area contributed by atoms with Gasteiger partial charge in [-0.1, -0.05) is 49.2 Å². The lowest BCUT2D eigenvalue weighted by Crippen LogP contribution is -2.62. The van der Waals surface area contributed by atoms with Gasteiger partial charge in [0.1, 0.15) is 11.5 Å². The fourth-order valence-corrected chi connectivity index (χ4v) is 15.0. The number of rotatable bonds is 9. The van der Waals surface area contributed by atoms with Gasteiger partial charge in [-0.3, -0.25) is 38.5 Å². The number of imidazole rings is 1. The Kier molecular flexibility index (Phi) is 12.4. The average molecular weight is 1010 g/mol. The predicted molar refractivity (Wildman–Crippen MR) is 271 cm³/mol. The fourth-order valence-electron chi connectivity index (χ4n) is 14.7. The van der Waals surface area contributed by atoms with E-state index in [0.717, 1.165) is 101 Å². The summed E-state index contributed by atoms with van der Waals surface area (Å²) >= 11 is 12.9. The Hall–Kier alpha value is -4.67. The first-order chi connectivity index (χ1) is 33.9. The quantitative estimate of drug-likeness (QED) is 0.118. The van der Waals surface area contributed by atoms with Gasteiger partial charge in [-0.25, -0.2) is 14.2 Å². The van der Waals surface area contributed by atoms with Crippen molar-refractivity contribution >= 4 is 63.6 Å². The van der Waals surface area contributed by atoms with Crippen LogP contribution >= 0.6 is 23.2 Å². The molecule has 2 aromatic heterocycles. The maximum Gasteiger partial charge on any atom is 0.329 e. The number of halogens is 3. The summed E-state index contributed by atoms with van der Waals surface area (Å²) in [6.07, 6.45) is 12.0. The topological polar surface area (TPSA) is 154 Å². The van der Waals surface area contributed by atoms with Crippen LogP contribution in [0.25, 0.3) is 11.0 Å². The summed E-state index contributed by atoms with van der Waals surface area (Å²) in [5, 5.41) is 9.20. The van der Waals surface area contributed by atoms with Gasteiger partial charge in [0, 0.05) is 74.1 Å². The molecule has 4 amide bonds. The zero-order valence-corrected chi connectivity index (χ0v) is 42.8. The Morgan fingerprint density at radius 1 is 0.859 bits per heavy atom. The summed E-state index contributed by atoms with van der Waals surface area (Å²) in [7, 11) is 3.70. The van der Waals surface area contributed by atoms with Gasteiger partial charge in [0.2, 0.25) is 23.6 Å². The van der Waals surface area contributed by atoms with Gasteiger partial charge in [-0.05, 0) is 161 Å². The van der Waals surface area contributed by atoms with Gasteiger partial charge < -0.3 is 20.4 Å². The molecule has 4 saturated heterocycles. The zero-order chi connectivity index (χ0) is 49.8. The number of nitrogens with zero attached hydrogens (tertiary/aromatic N) is 6. The first-order valence-corrected chi connectivity index (χ1v) is 26.6. The van der Waals surface area contributed by atoms with Crippen molar-refractivity contribution in [1.82, 2.24) is 39.5 Å². The molecule has 7 heterocycles. The molecule has 3 spiro atoms. The number of aromatic nitrogens is 3. The second-order valence-corrected chi connectivity index (χ2v) is 24.0. The Labute approximate surface area is 424 Å². The molecular weight excluding hydrogens is 945 g/mol. The van der Waals surface area contributed by atoms with Crippen LogP contribution in [0.4, 0.5) is 10.1 Å². The molecule has 0 radical (unpaired) electrons. The molecule has 14 nitrogen and oxygen atoms in total. The molecule has 378 valence electrons. The molecule has 6 fully saturated rings. The van der Waals surface area contributed by atoms with Crippen molar-refractivity contribution in [1.29, 1.82) is 0 Å². The number of hydrogen-bond acceptors (Lipinski definition) is 9. The lowest BCUT2D eigenvalue weighted by atomic mass is 9.53. The van der Waals surface area contributed by atoms with E-state index in [2.05, 4.69) is 61.6 Å². The smallest absolute Gasteiger partial charge is 0.329 e. The van der Waals surface area contributed by atoms with E-state index >= 15 is 14.0 Å². The molecule has 17 heteroatoms. The van der Waals surface area contributed by atoms with E-state index in [4.69, 9.17) is 23.2 Å². The molecule has 71 heavy (non-hydrogen) atoms. The fraction of sp³-hybridized carbons (Fsp3) is 0.593. The normalized spacial score (nSPS) is 29.4. The van der Waals surface area contributed by atoms with Crippen molar-refractivity contribution < 1.29 is 23.6 Å². The van der Waals surface area contributed by atoms with Crippen LogP contribution in [0.3, 0.4) is 0 Å². The highest BCUT2D eigenvalue weighted by atomic mass is 35.5. The molecule has 0 unspecified atom stereocenters. The Balaban J connectivity index is 0.705. The number of imide groups is 1. The molecule has 4 atom stereocenters. The number of aryl methyl sites for hydroxylation is 1. The van der Waals surface area contributed by atoms with E-state index in [1.165, 1.54) is 23.6 Å². The number of benzene rings is 2. The van der Waals surface area contributed by atoms with E-state index in [1.54, 1.807) is 29.8 Å². The summed E-state index contributed by atoms with van der Waals surface area (Å²) in [4.78, 5) is 79.1. The second kappa shape index (κ2) is 18.1. The molecular formula is C54H66Cl2FN9O5. The minimum Gasteiger partial charge on any atom is -0.352 e. The first kappa shape index (κ1) is 48.6. The number of nitrogens with one attached hydrogen (secondary N) is 3. The number of pyridine rings is 1. The SMILES string of the molecule is CN1[C@@H](C(=O)NC2CCC(CN3CCC4(CC3)CN(CCc3ccc5c(c3)n(C)c(=O)n5[C@@H]3CCC(=O)NC3=O)C4)CC2)[C@H](c2ccnc(Cl)c2F)[C@]2(C(=O)Nc3cc(Cl)ccc32)C12CCC(C)(C)CC2. The van der Waals surface area contributed by atoms with Crippen LogP contribution in [0.5, 0.6) is 0 Å². The van der Waals surface area contributed by atoms with E-state index in [0.29, 0.717) is 46.8 Å². The monoisotopic (exact) mass is 1010 g/mol. The number of likely N-dealkylation sites (tertiary alicyclic amines) is 3. The van der Waals surface area contributed by atoms with Gasteiger partial charge in [-0.15, -0.1) is 0 Å². The molecule has 3 N–H and O–H groups in total. The molecule has 11 rings (SSSR count). The maximum absolute atomic E-state index is 16.6. The van der Waals surface area contributed by atoms with Crippen molar-refractivity contribution in [2.24, 2.45) is 23.8 Å². The molecule has 2 aliphatic carbocycles. The standard InChI is InChI=1S/C54H66Cl2FN9O5/c1-51(2)17-19-53(20-18-51)54(37-11-8-34(55)28-38(37)60-49(54)70)43(36-15-23-58-46(56)44(36)57)45(63(53)4)48(69)59-35-9-5-33(6-10-35)29-64-25-21-52(22-26-64)30-65(31-52)24-16-32-7-12-39-41(27-32)62(3)50(71)66(39)40-13-14-42(67)61-47(40)68/h7-8,11-12,15,23,27-28,33,35,40,43,45H,5-6,9-10,13-14,16-22,24-26,29-31H2,1-4H3,(H,59,69)(H,60,70)(H,61,67,68)/t33?,35?,40-,43+,45-,54-/m1/s1. The van der Waals surface area contributed by atoms with Gasteiger partial charge in [0.05, 0.1) is 17.1 Å². The summed E-state index contributed by atoms with van der Waals surface area (Å²) in [5.74, 6) is -2.19. The predicted octanol–water partition coefficient (Wildman–Crippen LogP) is 7.10. The van der Waals surface area contributed by atoms with Gasteiger partial charge in [-0.2, -0.15) is 0 Å². The third kappa shape index (κ3) is 8.06. The highest BCUT2D eigenvalue weighted by molar-refractivity contribution is 6.31. The highest BCUT2D eigenvalue weighted by Crippen LogP contribution is 2.67. The van der Waals surface area contributed by atoms with Crippen LogP contribution in [0.2, 0.25) is 10.2 Å². The lowest BCUT2D eigenvalue weighted by Gasteiger charge is -2.54. The number of hydrogen-bond donors (Lipinski definition) is 3. The van der Waals surface area contributed by atoms with E-state index in [1.807, 2.05) is 19.2 Å². The minimum absolute atomic E-state index is 0.0294. The van der Waals surface area contributed by atoms with Crippen molar-refractivity contribution in [2.75, 3.05) is 51.6 Å². The van der Waals surface area contributed by atoms with Crippen molar-refractivity contribution in [3.8, 4) is 0 Å². The van der Waals surface area contributed by atoms with Crippen LogP contribution < -0.4 is 21.6 Å². The van der Waals surface area contributed by atoms with Crippen LogP contribution in [0.15, 0.2) is 53.5 Å². The summed E-state index contributed by atoms with van der Waals surface area (Å²) in [6, 6.07) is 11.5. The van der Waals surface area contributed by atoms with Crippen LogP contribution in [0.1, 0.15) is 120 Å². The number of carbonyl (C=O) groups excluding carboxylic acids is 4. The molecule has 2 saturated carbocycles. The molecule has 0 bridgehead atoms. The van der Waals surface area contributed by atoms with E-state index in [-0.39, 0.29) is 52.0 Å². The highest BCUT2D eigenvalue weighted by Gasteiger charge is 2.75. The number of carbonyl (C=O) groups is 4. The van der Waals surface area contributed by atoms with Crippen molar-refractivity contribution in [3.63, 3.8) is 0 Å². The Morgan fingerprint density at radius 2 is 1.59 bits per heavy atom. The third-order valence-corrected chi connectivity index (χ3v) is 19.2. The van der Waals surface area contributed by atoms with E-state index in [9.17, 15) is 14.4 Å². The third-order valence-electron chi connectivity index (χ3n) is 18.7. The molecule has 2 aromatic carbocycles. The summed E-state index contributed by atoms with van der Waals surface area (Å²) in [6.45, 7) is 10.9. The average Bonchev–Trinajstić information content (AvgIpc) is 3.85. The molecule has 4 aromatic rings. The lowest BCUT2D eigenvalue weighted by molar-refractivity contribution is -0.136. The summed E-state index contributed by atoms with van der Waals surface area (Å²) < 4.78 is 19.7. The van der Waals surface area contributed by atoms with Gasteiger partial charge in [0.15, 0.2) is 11.0 Å². The van der Waals surface area contributed by atoms with Crippen LogP contribution in [-0.4, -0.2) is 116 Å². The minimum atomic E-state index is -1.30. The Bertz CT molecular complexity index is 2870. The number of fused-ring (bicyclic) bond motifs is 4.